The maximum atomic E-state index is 12.4. The zero-order valence-corrected chi connectivity index (χ0v) is 12.9. The van der Waals surface area contributed by atoms with Gasteiger partial charge in [-0.05, 0) is 31.4 Å². The van der Waals surface area contributed by atoms with Gasteiger partial charge < -0.3 is 10.4 Å². The van der Waals surface area contributed by atoms with Crippen molar-refractivity contribution in [2.24, 2.45) is 0 Å². The summed E-state index contributed by atoms with van der Waals surface area (Å²) < 4.78 is 1.31. The van der Waals surface area contributed by atoms with Crippen LogP contribution in [0.4, 0.5) is 0 Å². The third-order valence-electron chi connectivity index (χ3n) is 3.70. The van der Waals surface area contributed by atoms with Crippen molar-refractivity contribution in [3.05, 3.63) is 40.4 Å². The van der Waals surface area contributed by atoms with Gasteiger partial charge >= 0.3 is 0 Å². The topological polar surface area (TPSA) is 84.2 Å². The molecular formula is C16H21N3O3. The molecular weight excluding hydrogens is 282 g/mol. The van der Waals surface area contributed by atoms with Crippen LogP contribution >= 0.6 is 0 Å². The van der Waals surface area contributed by atoms with Crippen molar-refractivity contribution < 1.29 is 9.90 Å². The lowest BCUT2D eigenvalue weighted by Crippen LogP contribution is -2.39. The van der Waals surface area contributed by atoms with Crippen LogP contribution in [0.25, 0.3) is 10.9 Å². The van der Waals surface area contributed by atoms with Crippen molar-refractivity contribution in [1.82, 2.24) is 14.9 Å². The van der Waals surface area contributed by atoms with Crippen LogP contribution in [0.2, 0.25) is 0 Å². The van der Waals surface area contributed by atoms with Crippen LogP contribution in [0.15, 0.2) is 29.3 Å². The summed E-state index contributed by atoms with van der Waals surface area (Å²) in [5.41, 5.74) is 1.37. The van der Waals surface area contributed by atoms with Crippen molar-refractivity contribution in [2.45, 2.75) is 39.3 Å². The molecule has 0 bridgehead atoms. The molecule has 0 aliphatic rings. The number of nitrogens with zero attached hydrogens (tertiary/aromatic N) is 2. The van der Waals surface area contributed by atoms with Gasteiger partial charge in [0, 0.05) is 12.6 Å². The van der Waals surface area contributed by atoms with E-state index in [1.807, 2.05) is 19.9 Å². The van der Waals surface area contributed by atoms with E-state index >= 15 is 0 Å². The highest BCUT2D eigenvalue weighted by atomic mass is 16.3. The first-order valence-corrected chi connectivity index (χ1v) is 7.41. The number of carbonyl (C=O) groups excluding carboxylic acids is 1. The fourth-order valence-corrected chi connectivity index (χ4v) is 2.41. The van der Waals surface area contributed by atoms with E-state index in [0.29, 0.717) is 17.3 Å². The van der Waals surface area contributed by atoms with E-state index in [1.165, 1.54) is 10.9 Å². The number of benzene rings is 1. The summed E-state index contributed by atoms with van der Waals surface area (Å²) in [5.74, 6) is -0.254. The van der Waals surface area contributed by atoms with Gasteiger partial charge in [0.1, 0.15) is 6.54 Å². The lowest BCUT2D eigenvalue weighted by Gasteiger charge is -2.16. The van der Waals surface area contributed by atoms with Crippen molar-refractivity contribution in [3.8, 4) is 0 Å². The molecule has 0 saturated carbocycles. The van der Waals surface area contributed by atoms with Gasteiger partial charge in [0.25, 0.3) is 5.56 Å². The summed E-state index contributed by atoms with van der Waals surface area (Å²) in [6.45, 7) is 3.78. The molecule has 1 aromatic heterocycles. The van der Waals surface area contributed by atoms with Crippen LogP contribution < -0.4 is 10.9 Å². The highest BCUT2D eigenvalue weighted by Gasteiger charge is 2.12. The third-order valence-corrected chi connectivity index (χ3v) is 3.70. The molecule has 6 nitrogen and oxygen atoms in total. The Kier molecular flexibility index (Phi) is 5.27. The second-order valence-corrected chi connectivity index (χ2v) is 5.33. The molecule has 0 fully saturated rings. The Labute approximate surface area is 128 Å². The minimum atomic E-state index is -0.254. The normalized spacial score (nSPS) is 12.3. The minimum Gasteiger partial charge on any atom is -0.396 e. The Bertz CT molecular complexity index is 724. The standard InChI is InChI=1S/C16H21N3O3/c1-3-12(7-8-20)18-14(21)9-19-10-17-15-11(2)5-4-6-13(15)16(19)22/h4-6,10,12,20H,3,7-9H2,1-2H3,(H,18,21). The summed E-state index contributed by atoms with van der Waals surface area (Å²) in [6.07, 6.45) is 2.65. The molecule has 22 heavy (non-hydrogen) atoms. The average Bonchev–Trinajstić information content (AvgIpc) is 2.50. The maximum Gasteiger partial charge on any atom is 0.261 e. The van der Waals surface area contributed by atoms with Crippen LogP contribution in [0.1, 0.15) is 25.3 Å². The Morgan fingerprint density at radius 3 is 2.91 bits per heavy atom. The first-order valence-electron chi connectivity index (χ1n) is 7.41. The monoisotopic (exact) mass is 303 g/mol. The van der Waals surface area contributed by atoms with Gasteiger partial charge in [-0.2, -0.15) is 0 Å². The van der Waals surface area contributed by atoms with Gasteiger partial charge in [0.2, 0.25) is 5.91 Å². The van der Waals surface area contributed by atoms with Crippen molar-refractivity contribution in [3.63, 3.8) is 0 Å². The third kappa shape index (κ3) is 3.51. The van der Waals surface area contributed by atoms with E-state index < -0.39 is 0 Å². The lowest BCUT2D eigenvalue weighted by atomic mass is 10.1. The molecule has 0 saturated heterocycles. The van der Waals surface area contributed by atoms with Crippen molar-refractivity contribution >= 4 is 16.8 Å². The molecule has 0 aliphatic carbocycles. The molecule has 0 spiro atoms. The Morgan fingerprint density at radius 2 is 2.23 bits per heavy atom. The fraction of sp³-hybridized carbons (Fsp3) is 0.438. The van der Waals surface area contributed by atoms with Crippen molar-refractivity contribution in [2.75, 3.05) is 6.61 Å². The largest absolute Gasteiger partial charge is 0.396 e. The quantitative estimate of drug-likeness (QED) is 0.833. The molecule has 0 radical (unpaired) electrons. The second kappa shape index (κ2) is 7.17. The van der Waals surface area contributed by atoms with Gasteiger partial charge in [-0.15, -0.1) is 0 Å². The molecule has 2 N–H and O–H groups in total. The van der Waals surface area contributed by atoms with Crippen LogP contribution in [0.3, 0.4) is 0 Å². The van der Waals surface area contributed by atoms with E-state index in [2.05, 4.69) is 10.3 Å². The number of aryl methyl sites for hydroxylation is 1. The van der Waals surface area contributed by atoms with E-state index in [-0.39, 0.29) is 30.7 Å². The van der Waals surface area contributed by atoms with Crippen LogP contribution in [-0.2, 0) is 11.3 Å². The number of amides is 1. The fourth-order valence-electron chi connectivity index (χ4n) is 2.41. The maximum absolute atomic E-state index is 12.4. The number of aliphatic hydroxyl groups excluding tert-OH is 1. The number of para-hydroxylation sites is 1. The second-order valence-electron chi connectivity index (χ2n) is 5.33. The lowest BCUT2D eigenvalue weighted by molar-refractivity contribution is -0.122. The summed E-state index contributed by atoms with van der Waals surface area (Å²) in [4.78, 5) is 28.7. The van der Waals surface area contributed by atoms with Gasteiger partial charge in [0.15, 0.2) is 0 Å². The number of rotatable bonds is 6. The molecule has 6 heteroatoms. The number of hydrogen-bond donors (Lipinski definition) is 2. The van der Waals surface area contributed by atoms with E-state index in [9.17, 15) is 9.59 Å². The molecule has 1 atom stereocenters. The number of aliphatic hydroxyl groups is 1. The van der Waals surface area contributed by atoms with Gasteiger partial charge in [0.05, 0.1) is 17.2 Å². The van der Waals surface area contributed by atoms with Crippen molar-refractivity contribution in [1.29, 1.82) is 0 Å². The molecule has 0 aliphatic heterocycles. The summed E-state index contributed by atoms with van der Waals surface area (Å²) in [6, 6.07) is 5.34. The molecule has 1 amide bonds. The Hall–Kier alpha value is -2.21. The Morgan fingerprint density at radius 1 is 1.45 bits per heavy atom. The van der Waals surface area contributed by atoms with Crippen LogP contribution in [0.5, 0.6) is 0 Å². The van der Waals surface area contributed by atoms with Crippen LogP contribution in [0, 0.1) is 6.92 Å². The smallest absolute Gasteiger partial charge is 0.261 e. The number of hydrogen-bond acceptors (Lipinski definition) is 4. The molecule has 2 aromatic rings. The summed E-state index contributed by atoms with van der Waals surface area (Å²) >= 11 is 0. The van der Waals surface area contributed by atoms with Crippen LogP contribution in [-0.4, -0.2) is 33.2 Å². The average molecular weight is 303 g/mol. The minimum absolute atomic E-state index is 0.0234. The number of nitrogens with one attached hydrogen (secondary N) is 1. The van der Waals surface area contributed by atoms with E-state index in [4.69, 9.17) is 5.11 Å². The number of carbonyl (C=O) groups is 1. The predicted octanol–water partition coefficient (Wildman–Crippen LogP) is 0.982. The zero-order valence-electron chi connectivity index (χ0n) is 12.9. The van der Waals surface area contributed by atoms with Gasteiger partial charge in [-0.25, -0.2) is 4.98 Å². The molecule has 1 aromatic carbocycles. The zero-order chi connectivity index (χ0) is 16.1. The number of aromatic nitrogens is 2. The Balaban J connectivity index is 2.20. The SMILES string of the molecule is CCC(CCO)NC(=O)Cn1cnc2c(C)cccc2c1=O. The van der Waals surface area contributed by atoms with Gasteiger partial charge in [-0.3, -0.25) is 14.2 Å². The molecule has 118 valence electrons. The molecule has 2 rings (SSSR count). The van der Waals surface area contributed by atoms with Gasteiger partial charge in [-0.1, -0.05) is 19.1 Å². The molecule has 1 heterocycles. The van der Waals surface area contributed by atoms with E-state index in [1.54, 1.807) is 12.1 Å². The first-order chi connectivity index (χ1) is 10.6. The summed E-state index contributed by atoms with van der Waals surface area (Å²) in [5, 5.41) is 12.3. The highest BCUT2D eigenvalue weighted by molar-refractivity contribution is 5.81. The van der Waals surface area contributed by atoms with E-state index in [0.717, 1.165) is 12.0 Å². The first kappa shape index (κ1) is 16.2. The number of fused-ring (bicyclic) bond motifs is 1. The predicted molar refractivity (Wildman–Crippen MR) is 84.7 cm³/mol. The molecule has 1 unspecified atom stereocenters. The highest BCUT2D eigenvalue weighted by Crippen LogP contribution is 2.11. The summed E-state index contributed by atoms with van der Waals surface area (Å²) in [7, 11) is 0.